The number of aromatic nitrogens is 1. The summed E-state index contributed by atoms with van der Waals surface area (Å²) in [6.07, 6.45) is 8.24. The highest BCUT2D eigenvalue weighted by Gasteiger charge is 2.44. The van der Waals surface area contributed by atoms with E-state index in [9.17, 15) is 0 Å². The Hall–Kier alpha value is -4.82. The summed E-state index contributed by atoms with van der Waals surface area (Å²) in [7, 11) is -1.61. The molecule has 0 N–H and O–H groups in total. The average molecular weight is 749 g/mol. The molecule has 0 aliphatic heterocycles. The number of pyridine rings is 1. The fraction of sp³-hybridized carbons (Fsp3) is 0.128. The molecule has 0 saturated heterocycles. The Morgan fingerprint density at radius 1 is 0.431 bits per heavy atom. The first-order valence-corrected chi connectivity index (χ1v) is 20.9. The van der Waals surface area contributed by atoms with E-state index in [0.717, 1.165) is 33.6 Å². The van der Waals surface area contributed by atoms with Gasteiger partial charge in [0.05, 0.1) is 17.5 Å². The van der Waals surface area contributed by atoms with Crippen LogP contribution >= 0.6 is 23.2 Å². The molecule has 51 heavy (non-hydrogen) atoms. The highest BCUT2D eigenvalue weighted by Crippen LogP contribution is 2.56. The van der Waals surface area contributed by atoms with Crippen LogP contribution in [0.4, 0.5) is 17.1 Å². The largest absolute Gasteiger partial charge is 0.310 e. The van der Waals surface area contributed by atoms with Crippen LogP contribution in [0.2, 0.25) is 0 Å². The Morgan fingerprint density at radius 2 is 0.863 bits per heavy atom. The van der Waals surface area contributed by atoms with Gasteiger partial charge in [0.2, 0.25) is 0 Å². The summed E-state index contributed by atoms with van der Waals surface area (Å²) in [6, 6.07) is 68.8. The van der Waals surface area contributed by atoms with Crippen molar-refractivity contribution in [1.29, 1.82) is 0 Å². The minimum atomic E-state index is -1.61. The third-order valence-electron chi connectivity index (χ3n) is 9.08. The lowest BCUT2D eigenvalue weighted by molar-refractivity contribution is 0.711. The maximum absolute atomic E-state index is 4.55. The van der Waals surface area contributed by atoms with Gasteiger partial charge in [-0.3, -0.25) is 4.98 Å². The molecular formula is C47H45BrN2P+. The van der Waals surface area contributed by atoms with E-state index in [1.54, 1.807) is 0 Å². The van der Waals surface area contributed by atoms with Crippen molar-refractivity contribution in [2.24, 2.45) is 0 Å². The lowest BCUT2D eigenvalue weighted by Gasteiger charge is -2.27. The lowest BCUT2D eigenvalue weighted by atomic mass is 10.1. The molecule has 0 spiro atoms. The molecule has 0 radical (unpaired) electrons. The minimum Gasteiger partial charge on any atom is -0.310 e. The summed E-state index contributed by atoms with van der Waals surface area (Å²) >= 11 is 3.56. The average Bonchev–Trinajstić information content (AvgIpc) is 3.22. The van der Waals surface area contributed by atoms with Crippen molar-refractivity contribution in [2.75, 3.05) is 16.4 Å². The number of hydrogen-bond donors (Lipinski definition) is 0. The molecule has 0 amide bonds. The molecule has 0 saturated carbocycles. The SMILES string of the molecule is BrCCCCCC[P+](c1ccccc1)(c1ccccc1)c1ccccc1.c1ccc(N(c2ccccc2)c2ccccc2-c2ccccn2)cc1. The normalized spacial score (nSPS) is 10.9. The van der Waals surface area contributed by atoms with Gasteiger partial charge in [0.25, 0.3) is 0 Å². The van der Waals surface area contributed by atoms with Gasteiger partial charge in [0, 0.05) is 28.5 Å². The second-order valence-electron chi connectivity index (χ2n) is 12.4. The summed E-state index contributed by atoms with van der Waals surface area (Å²) in [6.45, 7) is 0. The fourth-order valence-corrected chi connectivity index (χ4v) is 11.5. The molecule has 7 rings (SSSR count). The quantitative estimate of drug-likeness (QED) is 0.0663. The highest BCUT2D eigenvalue weighted by molar-refractivity contribution is 9.09. The van der Waals surface area contributed by atoms with Gasteiger partial charge in [-0.15, -0.1) is 0 Å². The van der Waals surface area contributed by atoms with E-state index in [2.05, 4.69) is 190 Å². The van der Waals surface area contributed by atoms with E-state index < -0.39 is 7.26 Å². The van der Waals surface area contributed by atoms with Crippen LogP contribution in [0.3, 0.4) is 0 Å². The first-order valence-electron chi connectivity index (χ1n) is 17.8. The molecule has 1 aromatic heterocycles. The first-order chi connectivity index (χ1) is 25.3. The number of halogens is 1. The van der Waals surface area contributed by atoms with Crippen molar-refractivity contribution >= 4 is 56.2 Å². The third kappa shape index (κ3) is 9.11. The number of rotatable bonds is 13. The van der Waals surface area contributed by atoms with Gasteiger partial charge in [0.1, 0.15) is 23.2 Å². The molecular weight excluding hydrogens is 703 g/mol. The Balaban J connectivity index is 0.000000176. The molecule has 4 heteroatoms. The van der Waals surface area contributed by atoms with E-state index in [0.29, 0.717) is 0 Å². The highest BCUT2D eigenvalue weighted by atomic mass is 79.9. The molecule has 0 fully saturated rings. The van der Waals surface area contributed by atoms with E-state index in [1.165, 1.54) is 47.8 Å². The molecule has 1 heterocycles. The summed E-state index contributed by atoms with van der Waals surface area (Å²) in [5.74, 6) is 0. The van der Waals surface area contributed by atoms with E-state index in [-0.39, 0.29) is 0 Å². The van der Waals surface area contributed by atoms with Gasteiger partial charge in [-0.1, -0.05) is 138 Å². The van der Waals surface area contributed by atoms with Gasteiger partial charge in [-0.25, -0.2) is 0 Å². The van der Waals surface area contributed by atoms with Crippen LogP contribution in [-0.2, 0) is 0 Å². The Kier molecular flexibility index (Phi) is 13.4. The number of nitrogens with zero attached hydrogens (tertiary/aromatic N) is 2. The van der Waals surface area contributed by atoms with Gasteiger partial charge in [0.15, 0.2) is 0 Å². The number of anilines is 3. The molecule has 2 nitrogen and oxygen atoms in total. The molecule has 0 unspecified atom stereocenters. The lowest BCUT2D eigenvalue weighted by Crippen LogP contribution is -2.33. The van der Waals surface area contributed by atoms with Crippen LogP contribution < -0.4 is 20.8 Å². The van der Waals surface area contributed by atoms with Crippen molar-refractivity contribution in [3.63, 3.8) is 0 Å². The fourth-order valence-electron chi connectivity index (χ4n) is 6.67. The van der Waals surface area contributed by atoms with Gasteiger partial charge in [-0.05, 0) is 98.1 Å². The maximum Gasteiger partial charge on any atom is 0.112 e. The number of unbranched alkanes of at least 4 members (excludes halogenated alkanes) is 3. The minimum absolute atomic E-state index is 0.968. The van der Waals surface area contributed by atoms with E-state index in [1.807, 2.05) is 36.5 Å². The van der Waals surface area contributed by atoms with Gasteiger partial charge < -0.3 is 4.90 Å². The van der Waals surface area contributed by atoms with Crippen molar-refractivity contribution < 1.29 is 0 Å². The maximum atomic E-state index is 4.55. The Morgan fingerprint density at radius 3 is 1.33 bits per heavy atom. The first kappa shape index (κ1) is 36.0. The Bertz CT molecular complexity index is 1860. The zero-order valence-electron chi connectivity index (χ0n) is 29.0. The number of hydrogen-bond acceptors (Lipinski definition) is 2. The molecule has 0 atom stereocenters. The molecule has 254 valence electrons. The van der Waals surface area contributed by atoms with Crippen molar-refractivity contribution in [3.05, 3.63) is 200 Å². The van der Waals surface area contributed by atoms with Crippen LogP contribution in [0.5, 0.6) is 0 Å². The standard InChI is InChI=1S/C24H27BrP.C23H18N2/c25-20-12-1-2-13-21-26(22-14-6-3-7-15-22,23-16-8-4-9-17-23)24-18-10-5-11-19-24;1-3-11-19(12-4-1)25(20-13-5-2-6-14-20)23-17-8-7-15-21(23)22-16-9-10-18-24-22/h3-11,14-19H,1-2,12-13,20-21H2;1-18H/q+1;. The van der Waals surface area contributed by atoms with Crippen molar-refractivity contribution in [3.8, 4) is 11.3 Å². The summed E-state index contributed by atoms with van der Waals surface area (Å²) in [5, 5.41) is 5.61. The van der Waals surface area contributed by atoms with Crippen LogP contribution in [0.1, 0.15) is 25.7 Å². The number of para-hydroxylation sites is 3. The monoisotopic (exact) mass is 747 g/mol. The predicted molar refractivity (Wildman–Crippen MR) is 227 cm³/mol. The second kappa shape index (κ2) is 19.0. The number of benzene rings is 6. The predicted octanol–water partition coefficient (Wildman–Crippen LogP) is 12.2. The molecule has 6 aromatic carbocycles. The number of alkyl halides is 1. The summed E-state index contributed by atoms with van der Waals surface area (Å²) < 4.78 is 0. The van der Waals surface area contributed by atoms with E-state index >= 15 is 0 Å². The van der Waals surface area contributed by atoms with Crippen LogP contribution in [0.25, 0.3) is 11.3 Å². The molecule has 0 aliphatic rings. The zero-order valence-corrected chi connectivity index (χ0v) is 31.5. The van der Waals surface area contributed by atoms with E-state index in [4.69, 9.17) is 0 Å². The van der Waals surface area contributed by atoms with Crippen LogP contribution in [0.15, 0.2) is 200 Å². The third-order valence-corrected chi connectivity index (χ3v) is 14.2. The van der Waals surface area contributed by atoms with Crippen molar-refractivity contribution in [1.82, 2.24) is 4.98 Å². The van der Waals surface area contributed by atoms with Crippen LogP contribution in [-0.4, -0.2) is 16.5 Å². The second-order valence-corrected chi connectivity index (χ2v) is 16.8. The smallest absolute Gasteiger partial charge is 0.112 e. The van der Waals surface area contributed by atoms with Gasteiger partial charge in [-0.2, -0.15) is 0 Å². The molecule has 7 aromatic rings. The van der Waals surface area contributed by atoms with Gasteiger partial charge >= 0.3 is 0 Å². The molecule has 0 aliphatic carbocycles. The summed E-state index contributed by atoms with van der Waals surface area (Å²) in [4.78, 5) is 6.82. The zero-order chi connectivity index (χ0) is 35.0. The van der Waals surface area contributed by atoms with Crippen molar-refractivity contribution in [2.45, 2.75) is 25.7 Å². The van der Waals surface area contributed by atoms with Crippen LogP contribution in [0, 0.1) is 0 Å². The topological polar surface area (TPSA) is 16.1 Å². The Labute approximate surface area is 313 Å². The molecule has 0 bridgehead atoms. The summed E-state index contributed by atoms with van der Waals surface area (Å²) in [5.41, 5.74) is 5.43.